The van der Waals surface area contributed by atoms with Crippen LogP contribution in [0.15, 0.2) is 53.4 Å². The van der Waals surface area contributed by atoms with Gasteiger partial charge in [-0.1, -0.05) is 35.9 Å². The predicted molar refractivity (Wildman–Crippen MR) is 116 cm³/mol. The third-order valence-electron chi connectivity index (χ3n) is 4.61. The van der Waals surface area contributed by atoms with Gasteiger partial charge in [-0.3, -0.25) is 9.10 Å². The average molecular weight is 472 g/mol. The normalized spacial score (nSPS) is 13.8. The van der Waals surface area contributed by atoms with Crippen molar-refractivity contribution < 1.29 is 21.6 Å². The van der Waals surface area contributed by atoms with E-state index in [0.29, 0.717) is 18.7 Å². The fraction of sp³-hybridized carbons (Fsp3) is 0.316. The molecule has 11 heteroatoms. The van der Waals surface area contributed by atoms with Crippen molar-refractivity contribution in [1.82, 2.24) is 10.0 Å². The van der Waals surface area contributed by atoms with Crippen molar-refractivity contribution in [2.75, 3.05) is 29.7 Å². The summed E-state index contributed by atoms with van der Waals surface area (Å²) in [6.45, 7) is 0.217. The van der Waals surface area contributed by atoms with Gasteiger partial charge in [0.1, 0.15) is 0 Å². The molecule has 0 unspecified atom stereocenters. The Morgan fingerprint density at radius 2 is 1.80 bits per heavy atom. The molecular weight excluding hydrogens is 450 g/mol. The molecule has 2 N–H and O–H groups in total. The van der Waals surface area contributed by atoms with Crippen molar-refractivity contribution in [3.05, 3.63) is 59.1 Å². The Hall–Kier alpha value is -2.14. The summed E-state index contributed by atoms with van der Waals surface area (Å²) in [4.78, 5) is 12.0. The summed E-state index contributed by atoms with van der Waals surface area (Å²) >= 11 is 5.80. The van der Waals surface area contributed by atoms with Crippen LogP contribution in [0.4, 0.5) is 5.69 Å². The number of rotatable bonds is 9. The Labute approximate surface area is 181 Å². The molecule has 0 bridgehead atoms. The van der Waals surface area contributed by atoms with Crippen LogP contribution in [0.25, 0.3) is 0 Å². The zero-order chi connectivity index (χ0) is 21.8. The second kappa shape index (κ2) is 9.34. The summed E-state index contributed by atoms with van der Waals surface area (Å²) in [7, 11) is -7.34. The minimum Gasteiger partial charge on any atom is -0.355 e. The lowest BCUT2D eigenvalue weighted by Crippen LogP contribution is -2.37. The van der Waals surface area contributed by atoms with E-state index in [1.165, 1.54) is 22.5 Å². The van der Waals surface area contributed by atoms with Gasteiger partial charge in [0.2, 0.25) is 26.0 Å². The first-order valence-corrected chi connectivity index (χ1v) is 12.8. The van der Waals surface area contributed by atoms with Gasteiger partial charge < -0.3 is 5.32 Å². The summed E-state index contributed by atoms with van der Waals surface area (Å²) < 4.78 is 53.2. The lowest BCUT2D eigenvalue weighted by Gasteiger charge is -2.19. The Bertz CT molecular complexity index is 1140. The highest BCUT2D eigenvalue weighted by Gasteiger charge is 2.28. The number of anilines is 1. The number of halogens is 1. The molecule has 0 aliphatic carbocycles. The Kier molecular flexibility index (Phi) is 7.02. The van der Waals surface area contributed by atoms with Gasteiger partial charge in [-0.15, -0.1) is 0 Å². The molecule has 30 heavy (non-hydrogen) atoms. The molecule has 3 rings (SSSR count). The van der Waals surface area contributed by atoms with Crippen molar-refractivity contribution >= 4 is 43.2 Å². The maximum absolute atomic E-state index is 12.6. The average Bonchev–Trinajstić information content (AvgIpc) is 3.13. The standard InChI is InChI=1S/C19H22ClN3O5S2/c20-16-5-3-6-17(14-16)30(27,28)22-10-8-19(24)21-11-13-29(25,26)23-12-9-15-4-1-2-7-18(15)23/h1-7,14,22H,8-13H2,(H,21,24). The summed E-state index contributed by atoms with van der Waals surface area (Å²) in [6.07, 6.45) is 0.543. The van der Waals surface area contributed by atoms with Crippen LogP contribution in [-0.2, 0) is 31.3 Å². The van der Waals surface area contributed by atoms with Crippen LogP contribution in [0.2, 0.25) is 5.02 Å². The Morgan fingerprint density at radius 1 is 1.03 bits per heavy atom. The van der Waals surface area contributed by atoms with E-state index in [4.69, 9.17) is 11.6 Å². The summed E-state index contributed by atoms with van der Waals surface area (Å²) in [5, 5.41) is 2.81. The number of fused-ring (bicyclic) bond motifs is 1. The summed E-state index contributed by atoms with van der Waals surface area (Å²) in [6, 6.07) is 13.1. The molecule has 1 aliphatic heterocycles. The third-order valence-corrected chi connectivity index (χ3v) is 8.08. The molecule has 0 radical (unpaired) electrons. The molecule has 1 aliphatic rings. The van der Waals surface area contributed by atoms with Gasteiger partial charge in [0.25, 0.3) is 0 Å². The summed E-state index contributed by atoms with van der Waals surface area (Å²) in [5.74, 6) is -0.678. The molecule has 0 aromatic heterocycles. The third kappa shape index (κ3) is 5.51. The number of nitrogens with zero attached hydrogens (tertiary/aromatic N) is 1. The van der Waals surface area contributed by atoms with Crippen LogP contribution < -0.4 is 14.3 Å². The predicted octanol–water partition coefficient (Wildman–Crippen LogP) is 1.52. The number of amides is 1. The zero-order valence-corrected chi connectivity index (χ0v) is 18.4. The molecule has 0 atom stereocenters. The molecule has 2 aromatic rings. The molecule has 1 heterocycles. The number of carbonyl (C=O) groups is 1. The molecule has 1 amide bonds. The van der Waals surface area contributed by atoms with E-state index in [0.717, 1.165) is 5.56 Å². The Balaban J connectivity index is 1.44. The second-order valence-corrected chi connectivity index (χ2v) is 10.9. The molecule has 0 spiro atoms. The molecule has 162 valence electrons. The van der Waals surface area contributed by atoms with Gasteiger partial charge in [0.15, 0.2) is 0 Å². The van der Waals surface area contributed by atoms with E-state index in [1.54, 1.807) is 18.2 Å². The van der Waals surface area contributed by atoms with E-state index in [9.17, 15) is 21.6 Å². The van der Waals surface area contributed by atoms with E-state index >= 15 is 0 Å². The van der Waals surface area contributed by atoms with E-state index in [2.05, 4.69) is 10.0 Å². The number of hydrogen-bond donors (Lipinski definition) is 2. The maximum Gasteiger partial charge on any atom is 0.240 e. The molecule has 2 aromatic carbocycles. The van der Waals surface area contributed by atoms with Gasteiger partial charge >= 0.3 is 0 Å². The van der Waals surface area contributed by atoms with Gasteiger partial charge in [-0.2, -0.15) is 0 Å². The van der Waals surface area contributed by atoms with Crippen LogP contribution in [0.5, 0.6) is 0 Å². The van der Waals surface area contributed by atoms with Crippen molar-refractivity contribution in [3.63, 3.8) is 0 Å². The van der Waals surface area contributed by atoms with Crippen LogP contribution >= 0.6 is 11.6 Å². The molecule has 0 saturated carbocycles. The van der Waals surface area contributed by atoms with Crippen molar-refractivity contribution in [2.45, 2.75) is 17.7 Å². The first kappa shape index (κ1) is 22.5. The molecule has 0 saturated heterocycles. The van der Waals surface area contributed by atoms with Crippen molar-refractivity contribution in [1.29, 1.82) is 0 Å². The van der Waals surface area contributed by atoms with E-state index in [1.807, 2.05) is 12.1 Å². The second-order valence-electron chi connectivity index (χ2n) is 6.72. The van der Waals surface area contributed by atoms with Gasteiger partial charge in [0.05, 0.1) is 16.3 Å². The minimum absolute atomic E-state index is 0.00685. The fourth-order valence-electron chi connectivity index (χ4n) is 3.13. The molecule has 8 nitrogen and oxygen atoms in total. The van der Waals surface area contributed by atoms with Crippen LogP contribution in [-0.4, -0.2) is 48.1 Å². The Morgan fingerprint density at radius 3 is 2.57 bits per heavy atom. The minimum atomic E-state index is -3.78. The largest absolute Gasteiger partial charge is 0.355 e. The first-order valence-electron chi connectivity index (χ1n) is 9.29. The lowest BCUT2D eigenvalue weighted by molar-refractivity contribution is -0.120. The van der Waals surface area contributed by atoms with Crippen LogP contribution in [0, 0.1) is 0 Å². The molecule has 0 fully saturated rings. The van der Waals surface area contributed by atoms with Crippen LogP contribution in [0.1, 0.15) is 12.0 Å². The fourth-order valence-corrected chi connectivity index (χ4v) is 5.89. The number of para-hydroxylation sites is 1. The first-order chi connectivity index (χ1) is 14.2. The van der Waals surface area contributed by atoms with Gasteiger partial charge in [-0.25, -0.2) is 21.6 Å². The van der Waals surface area contributed by atoms with Crippen molar-refractivity contribution in [2.24, 2.45) is 0 Å². The van der Waals surface area contributed by atoms with E-state index in [-0.39, 0.29) is 35.2 Å². The zero-order valence-electron chi connectivity index (χ0n) is 16.0. The van der Waals surface area contributed by atoms with Crippen molar-refractivity contribution in [3.8, 4) is 0 Å². The van der Waals surface area contributed by atoms with E-state index < -0.39 is 26.0 Å². The lowest BCUT2D eigenvalue weighted by atomic mass is 10.2. The van der Waals surface area contributed by atoms with Gasteiger partial charge in [0, 0.05) is 31.1 Å². The highest BCUT2D eigenvalue weighted by molar-refractivity contribution is 7.92. The number of carbonyl (C=O) groups excluding carboxylic acids is 1. The monoisotopic (exact) mass is 471 g/mol. The number of nitrogens with one attached hydrogen (secondary N) is 2. The highest BCUT2D eigenvalue weighted by atomic mass is 35.5. The highest BCUT2D eigenvalue weighted by Crippen LogP contribution is 2.29. The molecular formula is C19H22ClN3O5S2. The van der Waals surface area contributed by atoms with Gasteiger partial charge in [-0.05, 0) is 36.2 Å². The number of benzene rings is 2. The quantitative estimate of drug-likeness (QED) is 0.575. The number of hydrogen-bond acceptors (Lipinski definition) is 5. The number of sulfonamides is 2. The SMILES string of the molecule is O=C(CCNS(=O)(=O)c1cccc(Cl)c1)NCCS(=O)(=O)N1CCc2ccccc21. The smallest absolute Gasteiger partial charge is 0.240 e. The van der Waals surface area contributed by atoms with Crippen LogP contribution in [0.3, 0.4) is 0 Å². The summed E-state index contributed by atoms with van der Waals surface area (Å²) in [5.41, 5.74) is 1.66. The topological polar surface area (TPSA) is 113 Å². The maximum atomic E-state index is 12.6.